The molecule has 3 N–H and O–H groups in total. The number of nitrogens with zero attached hydrogens (tertiary/aromatic N) is 1. The SMILES string of the molecule is Cc1cc(/C=C(\C#N)C(N)=O)c(C)[nH]1. The molecule has 0 fully saturated rings. The number of aromatic nitrogens is 1. The summed E-state index contributed by atoms with van der Waals surface area (Å²) in [5.74, 6) is -0.703. The number of aryl methyl sites for hydroxylation is 2. The summed E-state index contributed by atoms with van der Waals surface area (Å²) < 4.78 is 0. The molecule has 1 amide bonds. The fourth-order valence-electron chi connectivity index (χ4n) is 1.21. The van der Waals surface area contributed by atoms with E-state index in [1.54, 1.807) is 6.07 Å². The summed E-state index contributed by atoms with van der Waals surface area (Å²) >= 11 is 0. The maximum atomic E-state index is 10.8. The zero-order chi connectivity index (χ0) is 10.7. The molecule has 0 aliphatic rings. The van der Waals surface area contributed by atoms with E-state index >= 15 is 0 Å². The number of amides is 1. The van der Waals surface area contributed by atoms with Crippen LogP contribution in [-0.4, -0.2) is 10.9 Å². The van der Waals surface area contributed by atoms with Gasteiger partial charge in [0.05, 0.1) is 0 Å². The molecule has 1 heterocycles. The molecular formula is C10H11N3O. The first kappa shape index (κ1) is 10.1. The van der Waals surface area contributed by atoms with Gasteiger partial charge in [-0.15, -0.1) is 0 Å². The lowest BCUT2D eigenvalue weighted by Crippen LogP contribution is -2.12. The van der Waals surface area contributed by atoms with Crippen molar-refractivity contribution in [2.24, 2.45) is 5.73 Å². The second-order valence-electron chi connectivity index (χ2n) is 3.07. The van der Waals surface area contributed by atoms with Gasteiger partial charge < -0.3 is 10.7 Å². The lowest BCUT2D eigenvalue weighted by Gasteiger charge is -1.91. The van der Waals surface area contributed by atoms with Crippen LogP contribution < -0.4 is 5.73 Å². The van der Waals surface area contributed by atoms with Crippen LogP contribution in [0, 0.1) is 25.2 Å². The van der Waals surface area contributed by atoms with Crippen LogP contribution in [0.3, 0.4) is 0 Å². The van der Waals surface area contributed by atoms with Crippen molar-refractivity contribution < 1.29 is 4.79 Å². The second-order valence-corrected chi connectivity index (χ2v) is 3.07. The molecule has 1 aromatic rings. The maximum Gasteiger partial charge on any atom is 0.259 e. The highest BCUT2D eigenvalue weighted by molar-refractivity contribution is 6.00. The molecular weight excluding hydrogens is 178 g/mol. The molecule has 0 atom stereocenters. The van der Waals surface area contributed by atoms with Gasteiger partial charge in [0.1, 0.15) is 11.6 Å². The van der Waals surface area contributed by atoms with Gasteiger partial charge >= 0.3 is 0 Å². The van der Waals surface area contributed by atoms with Crippen molar-refractivity contribution in [3.8, 4) is 6.07 Å². The maximum absolute atomic E-state index is 10.8. The van der Waals surface area contributed by atoms with E-state index in [0.29, 0.717) is 0 Å². The number of nitriles is 1. The largest absolute Gasteiger partial charge is 0.365 e. The molecule has 0 saturated carbocycles. The quantitative estimate of drug-likeness (QED) is 0.538. The average molecular weight is 189 g/mol. The Morgan fingerprint density at radius 3 is 2.64 bits per heavy atom. The molecule has 14 heavy (non-hydrogen) atoms. The van der Waals surface area contributed by atoms with Crippen molar-refractivity contribution in [3.63, 3.8) is 0 Å². The van der Waals surface area contributed by atoms with Gasteiger partial charge in [-0.3, -0.25) is 4.79 Å². The third-order valence-corrected chi connectivity index (χ3v) is 1.88. The van der Waals surface area contributed by atoms with E-state index in [2.05, 4.69) is 4.98 Å². The van der Waals surface area contributed by atoms with Gasteiger partial charge in [0.2, 0.25) is 0 Å². The fraction of sp³-hybridized carbons (Fsp3) is 0.200. The summed E-state index contributed by atoms with van der Waals surface area (Å²) in [5.41, 5.74) is 7.69. The molecule has 72 valence electrons. The van der Waals surface area contributed by atoms with Gasteiger partial charge in [0.15, 0.2) is 0 Å². The molecule has 0 saturated heterocycles. The molecule has 4 heteroatoms. The minimum absolute atomic E-state index is 0.0351. The number of H-pyrrole nitrogens is 1. The molecule has 0 unspecified atom stereocenters. The third-order valence-electron chi connectivity index (χ3n) is 1.88. The van der Waals surface area contributed by atoms with E-state index in [0.717, 1.165) is 17.0 Å². The lowest BCUT2D eigenvalue weighted by molar-refractivity contribution is -0.114. The summed E-state index contributed by atoms with van der Waals surface area (Å²) in [7, 11) is 0. The Bertz CT molecular complexity index is 435. The van der Waals surface area contributed by atoms with Crippen molar-refractivity contribution in [2.75, 3.05) is 0 Å². The molecule has 0 aromatic carbocycles. The molecule has 0 aliphatic carbocycles. The molecule has 0 aliphatic heterocycles. The lowest BCUT2D eigenvalue weighted by atomic mass is 10.1. The van der Waals surface area contributed by atoms with Gasteiger partial charge in [-0.1, -0.05) is 0 Å². The first-order chi connectivity index (χ1) is 6.54. The minimum atomic E-state index is -0.703. The highest BCUT2D eigenvalue weighted by atomic mass is 16.1. The van der Waals surface area contributed by atoms with Crippen LogP contribution in [0.15, 0.2) is 11.6 Å². The smallest absolute Gasteiger partial charge is 0.259 e. The monoisotopic (exact) mass is 189 g/mol. The zero-order valence-corrected chi connectivity index (χ0v) is 8.09. The highest BCUT2D eigenvalue weighted by Gasteiger charge is 2.05. The summed E-state index contributed by atoms with van der Waals surface area (Å²) in [5, 5.41) is 8.63. The Labute approximate surface area is 82.0 Å². The van der Waals surface area contributed by atoms with Crippen LogP contribution >= 0.6 is 0 Å². The average Bonchev–Trinajstić information content (AvgIpc) is 2.40. The summed E-state index contributed by atoms with van der Waals surface area (Å²) in [6.07, 6.45) is 1.49. The number of primary amides is 1. The first-order valence-electron chi connectivity index (χ1n) is 4.12. The van der Waals surface area contributed by atoms with Crippen molar-refractivity contribution in [2.45, 2.75) is 13.8 Å². The van der Waals surface area contributed by atoms with E-state index in [4.69, 9.17) is 11.0 Å². The Morgan fingerprint density at radius 2 is 2.29 bits per heavy atom. The Kier molecular flexibility index (Phi) is 2.73. The number of aromatic amines is 1. The van der Waals surface area contributed by atoms with Crippen molar-refractivity contribution in [3.05, 3.63) is 28.6 Å². The van der Waals surface area contributed by atoms with E-state index < -0.39 is 5.91 Å². The number of carbonyl (C=O) groups excluding carboxylic acids is 1. The number of carbonyl (C=O) groups is 1. The summed E-state index contributed by atoms with van der Waals surface area (Å²) in [6, 6.07) is 3.62. The standard InChI is InChI=1S/C10H11N3O/c1-6-3-8(7(2)13-6)4-9(5-11)10(12)14/h3-4,13H,1-2H3,(H2,12,14)/b9-4+. The zero-order valence-electron chi connectivity index (χ0n) is 8.09. The van der Waals surface area contributed by atoms with E-state index in [-0.39, 0.29) is 5.57 Å². The van der Waals surface area contributed by atoms with Crippen molar-refractivity contribution >= 4 is 12.0 Å². The topological polar surface area (TPSA) is 82.7 Å². The van der Waals surface area contributed by atoms with E-state index in [1.165, 1.54) is 6.08 Å². The third kappa shape index (κ3) is 2.02. The minimum Gasteiger partial charge on any atom is -0.365 e. The second kappa shape index (κ2) is 3.79. The van der Waals surface area contributed by atoms with Crippen LogP contribution in [0.5, 0.6) is 0 Å². The van der Waals surface area contributed by atoms with E-state index in [9.17, 15) is 4.79 Å². The summed E-state index contributed by atoms with van der Waals surface area (Å²) in [6.45, 7) is 3.77. The summed E-state index contributed by atoms with van der Waals surface area (Å²) in [4.78, 5) is 13.8. The fourth-order valence-corrected chi connectivity index (χ4v) is 1.21. The van der Waals surface area contributed by atoms with Gasteiger partial charge in [-0.2, -0.15) is 5.26 Å². The molecule has 1 aromatic heterocycles. The van der Waals surface area contributed by atoms with Crippen LogP contribution in [0.1, 0.15) is 17.0 Å². The van der Waals surface area contributed by atoms with E-state index in [1.807, 2.05) is 19.9 Å². The van der Waals surface area contributed by atoms with Gasteiger partial charge in [-0.05, 0) is 31.6 Å². The number of hydrogen-bond acceptors (Lipinski definition) is 2. The number of nitrogens with one attached hydrogen (secondary N) is 1. The Hall–Kier alpha value is -2.02. The number of rotatable bonds is 2. The van der Waals surface area contributed by atoms with Crippen LogP contribution in [-0.2, 0) is 4.79 Å². The van der Waals surface area contributed by atoms with Crippen LogP contribution in [0.2, 0.25) is 0 Å². The number of nitrogens with two attached hydrogens (primary N) is 1. The molecule has 0 radical (unpaired) electrons. The first-order valence-corrected chi connectivity index (χ1v) is 4.12. The Morgan fingerprint density at radius 1 is 1.64 bits per heavy atom. The molecule has 0 spiro atoms. The van der Waals surface area contributed by atoms with Gasteiger partial charge in [0, 0.05) is 11.4 Å². The van der Waals surface area contributed by atoms with Crippen LogP contribution in [0.4, 0.5) is 0 Å². The number of hydrogen-bond donors (Lipinski definition) is 2. The predicted molar refractivity (Wildman–Crippen MR) is 53.1 cm³/mol. The Balaban J connectivity index is 3.14. The predicted octanol–water partition coefficient (Wildman–Crippen LogP) is 1.02. The van der Waals surface area contributed by atoms with Crippen LogP contribution in [0.25, 0.3) is 6.08 Å². The van der Waals surface area contributed by atoms with Gasteiger partial charge in [0.25, 0.3) is 5.91 Å². The van der Waals surface area contributed by atoms with Gasteiger partial charge in [-0.25, -0.2) is 0 Å². The van der Waals surface area contributed by atoms with Crippen molar-refractivity contribution in [1.29, 1.82) is 5.26 Å². The molecule has 0 bridgehead atoms. The normalized spacial score (nSPS) is 11.1. The van der Waals surface area contributed by atoms with Crippen molar-refractivity contribution in [1.82, 2.24) is 4.98 Å². The molecule has 4 nitrogen and oxygen atoms in total. The molecule has 1 rings (SSSR count). The highest BCUT2D eigenvalue weighted by Crippen LogP contribution is 2.13.